The van der Waals surface area contributed by atoms with Crippen LogP contribution >= 0.6 is 0 Å². The molecule has 6 heteroatoms. The summed E-state index contributed by atoms with van der Waals surface area (Å²) >= 11 is 0. The number of nitrogens with one attached hydrogen (secondary N) is 1. The Morgan fingerprint density at radius 1 is 1.30 bits per heavy atom. The number of benzene rings is 1. The summed E-state index contributed by atoms with van der Waals surface area (Å²) in [5.41, 5.74) is 3.19. The van der Waals surface area contributed by atoms with Crippen LogP contribution in [0.2, 0.25) is 0 Å². The number of rotatable bonds is 4. The molecule has 0 saturated heterocycles. The molecule has 1 N–H and O–H groups in total. The molecule has 0 atom stereocenters. The minimum Gasteiger partial charge on any atom is -0.374 e. The predicted molar refractivity (Wildman–Crippen MR) is 104 cm³/mol. The van der Waals surface area contributed by atoms with E-state index in [9.17, 15) is 4.79 Å². The van der Waals surface area contributed by atoms with Crippen molar-refractivity contribution < 1.29 is 9.32 Å². The summed E-state index contributed by atoms with van der Waals surface area (Å²) in [6.07, 6.45) is 9.55. The van der Waals surface area contributed by atoms with Crippen LogP contribution in [0.15, 0.2) is 28.8 Å². The highest BCUT2D eigenvalue weighted by Crippen LogP contribution is 2.37. The lowest BCUT2D eigenvalue weighted by molar-refractivity contribution is -0.118. The van der Waals surface area contributed by atoms with Crippen LogP contribution in [0.25, 0.3) is 6.08 Å². The first-order valence-corrected chi connectivity index (χ1v) is 9.71. The Kier molecular flexibility index (Phi) is 4.72. The zero-order valence-corrected chi connectivity index (χ0v) is 16.0. The SMILES string of the molecule is Cc1nc(C2(NC(=O)/C=C/c3ccc4c(c3)CCCN4C)CCCC2)no1. The quantitative estimate of drug-likeness (QED) is 0.840. The van der Waals surface area contributed by atoms with Crippen molar-refractivity contribution in [2.75, 3.05) is 18.5 Å². The van der Waals surface area contributed by atoms with Gasteiger partial charge < -0.3 is 14.7 Å². The van der Waals surface area contributed by atoms with E-state index in [1.54, 1.807) is 13.0 Å². The number of nitrogens with zero attached hydrogens (tertiary/aromatic N) is 3. The maximum atomic E-state index is 12.6. The lowest BCUT2D eigenvalue weighted by Gasteiger charge is -2.27. The van der Waals surface area contributed by atoms with Crippen LogP contribution in [0.5, 0.6) is 0 Å². The van der Waals surface area contributed by atoms with E-state index in [1.807, 2.05) is 6.08 Å². The molecular weight excluding hydrogens is 340 g/mol. The summed E-state index contributed by atoms with van der Waals surface area (Å²) in [6, 6.07) is 6.40. The molecule has 2 heterocycles. The Labute approximate surface area is 159 Å². The molecule has 0 radical (unpaired) electrons. The van der Waals surface area contributed by atoms with Crippen LogP contribution in [0.4, 0.5) is 5.69 Å². The normalized spacial score (nSPS) is 18.7. The Hall–Kier alpha value is -2.63. The van der Waals surface area contributed by atoms with Gasteiger partial charge in [0.25, 0.3) is 0 Å². The monoisotopic (exact) mass is 366 g/mol. The molecule has 0 spiro atoms. The van der Waals surface area contributed by atoms with Crippen molar-refractivity contribution in [2.45, 2.75) is 51.0 Å². The van der Waals surface area contributed by atoms with E-state index in [4.69, 9.17) is 4.52 Å². The molecule has 1 aromatic heterocycles. The van der Waals surface area contributed by atoms with Crippen LogP contribution in [-0.4, -0.2) is 29.6 Å². The Bertz CT molecular complexity index is 865. The van der Waals surface area contributed by atoms with E-state index in [2.05, 4.69) is 45.6 Å². The molecule has 1 amide bonds. The average molecular weight is 366 g/mol. The maximum Gasteiger partial charge on any atom is 0.244 e. The van der Waals surface area contributed by atoms with E-state index in [0.29, 0.717) is 11.7 Å². The van der Waals surface area contributed by atoms with Gasteiger partial charge in [-0.25, -0.2) is 0 Å². The second kappa shape index (κ2) is 7.18. The van der Waals surface area contributed by atoms with Crippen LogP contribution < -0.4 is 10.2 Å². The number of amides is 1. The van der Waals surface area contributed by atoms with E-state index >= 15 is 0 Å². The molecule has 1 aliphatic heterocycles. The molecule has 1 aromatic carbocycles. The van der Waals surface area contributed by atoms with Gasteiger partial charge in [-0.05, 0) is 55.0 Å². The zero-order chi connectivity index (χ0) is 18.9. The second-order valence-corrected chi connectivity index (χ2v) is 7.66. The van der Waals surface area contributed by atoms with Crippen molar-refractivity contribution in [2.24, 2.45) is 0 Å². The Morgan fingerprint density at radius 2 is 2.11 bits per heavy atom. The van der Waals surface area contributed by atoms with Crippen molar-refractivity contribution in [1.29, 1.82) is 0 Å². The highest BCUT2D eigenvalue weighted by molar-refractivity contribution is 5.92. The topological polar surface area (TPSA) is 71.3 Å². The molecule has 1 aliphatic carbocycles. The summed E-state index contributed by atoms with van der Waals surface area (Å²) in [5, 5.41) is 7.21. The van der Waals surface area contributed by atoms with E-state index in [1.165, 1.54) is 17.7 Å². The third-order valence-electron chi connectivity index (χ3n) is 5.66. The zero-order valence-electron chi connectivity index (χ0n) is 16.0. The fraction of sp³-hybridized carbons (Fsp3) is 0.476. The third-order valence-corrected chi connectivity index (χ3v) is 5.66. The molecule has 27 heavy (non-hydrogen) atoms. The van der Waals surface area contributed by atoms with Crippen LogP contribution in [0.3, 0.4) is 0 Å². The minimum atomic E-state index is -0.502. The summed E-state index contributed by atoms with van der Waals surface area (Å²) < 4.78 is 5.14. The lowest BCUT2D eigenvalue weighted by atomic mass is 9.96. The fourth-order valence-electron chi connectivity index (χ4n) is 4.23. The van der Waals surface area contributed by atoms with Crippen molar-refractivity contribution in [3.05, 3.63) is 47.1 Å². The van der Waals surface area contributed by atoms with Gasteiger partial charge in [-0.15, -0.1) is 0 Å². The lowest BCUT2D eigenvalue weighted by Crippen LogP contribution is -2.44. The number of hydrogen-bond donors (Lipinski definition) is 1. The van der Waals surface area contributed by atoms with E-state index in [0.717, 1.165) is 44.2 Å². The summed E-state index contributed by atoms with van der Waals surface area (Å²) in [6.45, 7) is 2.87. The van der Waals surface area contributed by atoms with E-state index < -0.39 is 5.54 Å². The van der Waals surface area contributed by atoms with Gasteiger partial charge in [-0.1, -0.05) is 24.1 Å². The molecule has 2 aromatic rings. The van der Waals surface area contributed by atoms with Crippen molar-refractivity contribution in [1.82, 2.24) is 15.5 Å². The van der Waals surface area contributed by atoms with Crippen LogP contribution in [0.1, 0.15) is 54.9 Å². The number of aromatic nitrogens is 2. The van der Waals surface area contributed by atoms with Crippen molar-refractivity contribution >= 4 is 17.7 Å². The van der Waals surface area contributed by atoms with Gasteiger partial charge in [0, 0.05) is 32.3 Å². The molecule has 0 unspecified atom stereocenters. The molecular formula is C21H26N4O2. The first-order chi connectivity index (χ1) is 13.1. The highest BCUT2D eigenvalue weighted by atomic mass is 16.5. The average Bonchev–Trinajstić information content (AvgIpc) is 3.30. The molecule has 6 nitrogen and oxygen atoms in total. The first kappa shape index (κ1) is 17.8. The molecule has 0 bridgehead atoms. The number of carbonyl (C=O) groups excluding carboxylic acids is 1. The molecule has 142 valence electrons. The Balaban J connectivity index is 1.48. The summed E-state index contributed by atoms with van der Waals surface area (Å²) in [4.78, 5) is 19.3. The van der Waals surface area contributed by atoms with E-state index in [-0.39, 0.29) is 5.91 Å². The number of anilines is 1. The Morgan fingerprint density at radius 3 is 2.85 bits per heavy atom. The van der Waals surface area contributed by atoms with Crippen LogP contribution in [0, 0.1) is 6.92 Å². The van der Waals surface area contributed by atoms with Gasteiger partial charge in [-0.3, -0.25) is 4.79 Å². The standard InChI is InChI=1S/C21H26N4O2/c1-15-22-20(24-27-15)21(11-3-4-12-21)23-19(26)10-8-16-7-9-18-17(14-16)6-5-13-25(18)2/h7-10,14H,3-6,11-13H2,1-2H3,(H,23,26)/b10-8+. The molecule has 1 saturated carbocycles. The van der Waals surface area contributed by atoms with Gasteiger partial charge in [0.05, 0.1) is 0 Å². The van der Waals surface area contributed by atoms with Crippen molar-refractivity contribution in [3.63, 3.8) is 0 Å². The van der Waals surface area contributed by atoms with Gasteiger partial charge in [0.2, 0.25) is 11.8 Å². The fourth-order valence-corrected chi connectivity index (χ4v) is 4.23. The van der Waals surface area contributed by atoms with Gasteiger partial charge in [0.15, 0.2) is 5.82 Å². The summed E-state index contributed by atoms with van der Waals surface area (Å²) in [7, 11) is 2.13. The largest absolute Gasteiger partial charge is 0.374 e. The predicted octanol–water partition coefficient (Wildman–Crippen LogP) is 3.36. The minimum absolute atomic E-state index is 0.116. The van der Waals surface area contributed by atoms with Crippen LogP contribution in [-0.2, 0) is 16.8 Å². The highest BCUT2D eigenvalue weighted by Gasteiger charge is 2.40. The number of carbonyl (C=O) groups is 1. The number of hydrogen-bond acceptors (Lipinski definition) is 5. The van der Waals surface area contributed by atoms with Gasteiger partial charge in [0.1, 0.15) is 5.54 Å². The molecule has 4 rings (SSSR count). The number of fused-ring (bicyclic) bond motifs is 1. The number of aryl methyl sites for hydroxylation is 2. The maximum absolute atomic E-state index is 12.6. The van der Waals surface area contributed by atoms with Gasteiger partial charge >= 0.3 is 0 Å². The summed E-state index contributed by atoms with van der Waals surface area (Å²) in [5.74, 6) is 1.00. The molecule has 1 fully saturated rings. The smallest absolute Gasteiger partial charge is 0.244 e. The van der Waals surface area contributed by atoms with Gasteiger partial charge in [-0.2, -0.15) is 4.98 Å². The first-order valence-electron chi connectivity index (χ1n) is 9.71. The third kappa shape index (κ3) is 3.61. The molecule has 2 aliphatic rings. The second-order valence-electron chi connectivity index (χ2n) is 7.66. The van der Waals surface area contributed by atoms with Crippen molar-refractivity contribution in [3.8, 4) is 0 Å².